The lowest BCUT2D eigenvalue weighted by Gasteiger charge is -2.31. The highest BCUT2D eigenvalue weighted by molar-refractivity contribution is 5.94. The van der Waals surface area contributed by atoms with Crippen LogP contribution < -0.4 is 0 Å². The smallest absolute Gasteiger partial charge is 0.0879 e. The molecule has 3 atom stereocenters. The highest BCUT2D eigenvalue weighted by Crippen LogP contribution is 2.44. The molecule has 0 saturated heterocycles. The Balaban J connectivity index is 2.18. The van der Waals surface area contributed by atoms with E-state index in [2.05, 4.69) is 17.3 Å². The van der Waals surface area contributed by atoms with Crippen molar-refractivity contribution >= 4 is 5.71 Å². The molecule has 0 unspecified atom stereocenters. The van der Waals surface area contributed by atoms with Gasteiger partial charge in [-0.05, 0) is 25.2 Å². The first-order valence-electron chi connectivity index (χ1n) is 5.51. The van der Waals surface area contributed by atoms with E-state index >= 15 is 0 Å². The number of nitrogens with zero attached hydrogens (tertiary/aromatic N) is 4. The average molecular weight is 218 g/mol. The normalized spacial score (nSPS) is 34.2. The third-order valence-electron chi connectivity index (χ3n) is 3.70. The van der Waals surface area contributed by atoms with Gasteiger partial charge in [-0.15, -0.1) is 0 Å². The molecule has 2 bridgehead atoms. The molecule has 0 spiro atoms. The minimum absolute atomic E-state index is 0.00282. The van der Waals surface area contributed by atoms with Crippen molar-refractivity contribution in [1.29, 1.82) is 10.5 Å². The Morgan fingerprint density at radius 1 is 1.31 bits per heavy atom. The van der Waals surface area contributed by atoms with Crippen molar-refractivity contribution in [3.05, 3.63) is 0 Å². The van der Waals surface area contributed by atoms with Gasteiger partial charge in [-0.2, -0.15) is 10.5 Å². The summed E-state index contributed by atoms with van der Waals surface area (Å²) < 4.78 is 0. The molecular formula is C11H14N4O. The molecule has 0 aliphatic heterocycles. The van der Waals surface area contributed by atoms with Gasteiger partial charge in [0, 0.05) is 5.92 Å². The van der Waals surface area contributed by atoms with Crippen LogP contribution in [0.1, 0.15) is 19.3 Å². The van der Waals surface area contributed by atoms with Crippen molar-refractivity contribution in [1.82, 2.24) is 4.90 Å². The maximum Gasteiger partial charge on any atom is 0.0879 e. The van der Waals surface area contributed by atoms with Gasteiger partial charge in [-0.1, -0.05) is 5.16 Å². The first-order valence-corrected chi connectivity index (χ1v) is 5.51. The summed E-state index contributed by atoms with van der Waals surface area (Å²) in [4.78, 5) is 1.82. The van der Waals surface area contributed by atoms with E-state index in [0.29, 0.717) is 11.8 Å². The lowest BCUT2D eigenvalue weighted by atomic mass is 9.92. The summed E-state index contributed by atoms with van der Waals surface area (Å²) in [6, 6.07) is 4.15. The number of fused-ring (bicyclic) bond motifs is 2. The average Bonchev–Trinajstić information content (AvgIpc) is 2.88. The minimum Gasteiger partial charge on any atom is -0.411 e. The zero-order valence-corrected chi connectivity index (χ0v) is 9.00. The Morgan fingerprint density at radius 3 is 2.56 bits per heavy atom. The van der Waals surface area contributed by atoms with Crippen molar-refractivity contribution in [2.75, 3.05) is 13.1 Å². The molecule has 5 nitrogen and oxygen atoms in total. The molecule has 0 aromatic carbocycles. The molecule has 16 heavy (non-hydrogen) atoms. The highest BCUT2D eigenvalue weighted by Gasteiger charge is 2.47. The van der Waals surface area contributed by atoms with Crippen molar-refractivity contribution in [2.45, 2.75) is 25.3 Å². The summed E-state index contributed by atoms with van der Waals surface area (Å²) in [7, 11) is 0. The van der Waals surface area contributed by atoms with Crippen LogP contribution in [0.4, 0.5) is 0 Å². The van der Waals surface area contributed by atoms with E-state index in [1.54, 1.807) is 0 Å². The van der Waals surface area contributed by atoms with Gasteiger partial charge in [-0.3, -0.25) is 4.90 Å². The molecule has 2 aliphatic carbocycles. The van der Waals surface area contributed by atoms with Crippen LogP contribution in [0.3, 0.4) is 0 Å². The number of nitriles is 2. The van der Waals surface area contributed by atoms with Crippen LogP contribution in [0.25, 0.3) is 0 Å². The lowest BCUT2D eigenvalue weighted by molar-refractivity contribution is 0.232. The maximum atomic E-state index is 9.04. The molecule has 0 heterocycles. The summed E-state index contributed by atoms with van der Waals surface area (Å²) in [6.45, 7) is 0.445. The Hall–Kier alpha value is -1.59. The minimum atomic E-state index is 0.00282. The zero-order chi connectivity index (χ0) is 11.5. The van der Waals surface area contributed by atoms with Crippen LogP contribution in [0.2, 0.25) is 0 Å². The van der Waals surface area contributed by atoms with Gasteiger partial charge in [0.15, 0.2) is 0 Å². The Bertz CT molecular complexity index is 362. The van der Waals surface area contributed by atoms with Gasteiger partial charge in [0.25, 0.3) is 0 Å². The topological polar surface area (TPSA) is 83.4 Å². The fourth-order valence-corrected chi connectivity index (χ4v) is 3.12. The molecule has 84 valence electrons. The molecule has 2 aliphatic rings. The van der Waals surface area contributed by atoms with Crippen LogP contribution >= 0.6 is 0 Å². The lowest BCUT2D eigenvalue weighted by Crippen LogP contribution is -2.45. The second-order valence-electron chi connectivity index (χ2n) is 4.46. The molecule has 5 heteroatoms. The maximum absolute atomic E-state index is 9.04. The fourth-order valence-electron chi connectivity index (χ4n) is 3.12. The van der Waals surface area contributed by atoms with Crippen molar-refractivity contribution in [3.63, 3.8) is 0 Å². The summed E-state index contributed by atoms with van der Waals surface area (Å²) in [5.41, 5.74) is 0.779. The largest absolute Gasteiger partial charge is 0.411 e. The number of rotatable bonds is 3. The van der Waals surface area contributed by atoms with E-state index < -0.39 is 0 Å². The molecule has 2 rings (SSSR count). The quantitative estimate of drug-likeness (QED) is 0.434. The second kappa shape index (κ2) is 4.51. The fraction of sp³-hybridized carbons (Fsp3) is 0.727. The second-order valence-corrected chi connectivity index (χ2v) is 4.46. The molecular weight excluding hydrogens is 204 g/mol. The molecule has 2 fully saturated rings. The van der Waals surface area contributed by atoms with Gasteiger partial charge in [-0.25, -0.2) is 0 Å². The Labute approximate surface area is 94.6 Å². The van der Waals surface area contributed by atoms with Gasteiger partial charge in [0.05, 0.1) is 37.0 Å². The van der Waals surface area contributed by atoms with Gasteiger partial charge >= 0.3 is 0 Å². The first kappa shape index (κ1) is 10.9. The number of hydrogen-bond acceptors (Lipinski definition) is 5. The monoisotopic (exact) mass is 218 g/mol. The van der Waals surface area contributed by atoms with Crippen LogP contribution in [0.15, 0.2) is 5.16 Å². The van der Waals surface area contributed by atoms with Crippen LogP contribution in [-0.4, -0.2) is 35.0 Å². The van der Waals surface area contributed by atoms with E-state index in [0.717, 1.165) is 25.0 Å². The molecule has 0 aromatic heterocycles. The molecule has 0 aromatic rings. The first-order chi connectivity index (χ1) is 7.81. The van der Waals surface area contributed by atoms with Gasteiger partial charge in [0.1, 0.15) is 0 Å². The van der Waals surface area contributed by atoms with E-state index in [1.165, 1.54) is 0 Å². The molecule has 0 radical (unpaired) electrons. The Morgan fingerprint density at radius 2 is 2.00 bits per heavy atom. The van der Waals surface area contributed by atoms with Crippen molar-refractivity contribution in [3.8, 4) is 12.1 Å². The van der Waals surface area contributed by atoms with E-state index in [-0.39, 0.29) is 19.1 Å². The van der Waals surface area contributed by atoms with E-state index in [9.17, 15) is 0 Å². The summed E-state index contributed by atoms with van der Waals surface area (Å²) in [6.07, 6.45) is 3.23. The number of oxime groups is 1. The van der Waals surface area contributed by atoms with Crippen molar-refractivity contribution in [2.24, 2.45) is 17.0 Å². The standard InChI is InChI=1S/C11H14N4O/c12-3-5-15(6-4-13)11-9-2-1-8(7-9)10(11)14-16/h8-9,11,16H,1-2,5-7H2/b14-10+/t8-,9-,11+/m0/s1. The SMILES string of the molecule is N#CCN(CC#N)[C@H]1/C(=N/O)[C@H]2CC[C@H]1C2. The van der Waals surface area contributed by atoms with Gasteiger partial charge in [0.2, 0.25) is 0 Å². The predicted molar refractivity (Wildman–Crippen MR) is 56.6 cm³/mol. The van der Waals surface area contributed by atoms with Crippen LogP contribution in [0.5, 0.6) is 0 Å². The predicted octanol–water partition coefficient (Wildman–Crippen LogP) is 0.964. The molecule has 1 N–H and O–H groups in total. The third kappa shape index (κ3) is 1.64. The van der Waals surface area contributed by atoms with Gasteiger partial charge < -0.3 is 5.21 Å². The Kier molecular flexibility index (Phi) is 3.07. The molecule has 2 saturated carbocycles. The van der Waals surface area contributed by atoms with E-state index in [1.807, 2.05) is 4.90 Å². The summed E-state index contributed by atoms with van der Waals surface area (Å²) in [5, 5.41) is 29.9. The summed E-state index contributed by atoms with van der Waals surface area (Å²) >= 11 is 0. The van der Waals surface area contributed by atoms with E-state index in [4.69, 9.17) is 15.7 Å². The van der Waals surface area contributed by atoms with Crippen LogP contribution in [0, 0.1) is 34.5 Å². The molecule has 0 amide bonds. The third-order valence-corrected chi connectivity index (χ3v) is 3.70. The highest BCUT2D eigenvalue weighted by atomic mass is 16.4. The zero-order valence-electron chi connectivity index (χ0n) is 9.00. The number of hydrogen-bond donors (Lipinski definition) is 1. The van der Waals surface area contributed by atoms with Crippen LogP contribution in [-0.2, 0) is 0 Å². The summed E-state index contributed by atoms with van der Waals surface area (Å²) in [5.74, 6) is 0.817. The van der Waals surface area contributed by atoms with Crippen molar-refractivity contribution < 1.29 is 5.21 Å².